The van der Waals surface area contributed by atoms with Crippen LogP contribution in [-0.4, -0.2) is 29.0 Å². The smallest absolute Gasteiger partial charge is 0.315 e. The van der Waals surface area contributed by atoms with Crippen molar-refractivity contribution in [2.45, 2.75) is 57.8 Å². The van der Waals surface area contributed by atoms with Gasteiger partial charge < -0.3 is 20.7 Å². The van der Waals surface area contributed by atoms with Gasteiger partial charge in [0, 0.05) is 18.0 Å². The van der Waals surface area contributed by atoms with Crippen LogP contribution < -0.4 is 20.7 Å². The van der Waals surface area contributed by atoms with Crippen molar-refractivity contribution in [1.82, 2.24) is 20.9 Å². The number of aryl methyl sites for hydroxylation is 1. The van der Waals surface area contributed by atoms with E-state index in [0.29, 0.717) is 18.8 Å². The molecule has 1 aliphatic rings. The molecule has 7 nitrogen and oxygen atoms in total. The van der Waals surface area contributed by atoms with Crippen LogP contribution in [0.25, 0.3) is 0 Å². The van der Waals surface area contributed by atoms with E-state index in [2.05, 4.69) is 20.9 Å². The van der Waals surface area contributed by atoms with Gasteiger partial charge >= 0.3 is 6.03 Å². The zero-order valence-electron chi connectivity index (χ0n) is 19.3. The van der Waals surface area contributed by atoms with E-state index in [1.807, 2.05) is 61.5 Å². The van der Waals surface area contributed by atoms with Crippen molar-refractivity contribution in [2.24, 2.45) is 0 Å². The van der Waals surface area contributed by atoms with E-state index in [0.717, 1.165) is 42.0 Å². The van der Waals surface area contributed by atoms with Crippen molar-refractivity contribution >= 4 is 23.3 Å². The van der Waals surface area contributed by atoms with Gasteiger partial charge in [-0.3, -0.25) is 4.79 Å². The molecule has 2 atom stereocenters. The first kappa shape index (κ1) is 23.8. The van der Waals surface area contributed by atoms with E-state index >= 15 is 0 Å². The first-order valence-corrected chi connectivity index (χ1v) is 12.5. The average molecular weight is 479 g/mol. The summed E-state index contributed by atoms with van der Waals surface area (Å²) in [6.07, 6.45) is 3.69. The highest BCUT2D eigenvalue weighted by molar-refractivity contribution is 7.09. The van der Waals surface area contributed by atoms with Crippen LogP contribution >= 0.6 is 11.3 Å². The number of urea groups is 1. The molecule has 2 unspecified atom stereocenters. The second-order valence-corrected chi connectivity index (χ2v) is 9.45. The van der Waals surface area contributed by atoms with Crippen LogP contribution in [0.3, 0.4) is 0 Å². The van der Waals surface area contributed by atoms with Gasteiger partial charge in [-0.2, -0.15) is 0 Å². The topological polar surface area (TPSA) is 92.3 Å². The van der Waals surface area contributed by atoms with Crippen molar-refractivity contribution in [3.05, 3.63) is 81.8 Å². The Kier molecular flexibility index (Phi) is 8.14. The Morgan fingerprint density at radius 1 is 1.00 bits per heavy atom. The molecule has 0 radical (unpaired) electrons. The summed E-state index contributed by atoms with van der Waals surface area (Å²) in [5.74, 6) is 0.551. The van der Waals surface area contributed by atoms with Gasteiger partial charge in [-0.05, 0) is 37.5 Å². The van der Waals surface area contributed by atoms with Crippen LogP contribution in [0.1, 0.15) is 52.3 Å². The Bertz CT molecular complexity index is 1080. The number of benzene rings is 2. The first-order chi connectivity index (χ1) is 16.6. The number of hydrogen-bond acceptors (Lipinski definition) is 5. The third-order valence-electron chi connectivity index (χ3n) is 5.86. The van der Waals surface area contributed by atoms with Crippen LogP contribution in [0.2, 0.25) is 0 Å². The highest BCUT2D eigenvalue weighted by Gasteiger charge is 2.28. The number of hydrogen-bond donors (Lipinski definition) is 3. The average Bonchev–Trinajstić information content (AvgIpc) is 3.34. The molecule has 1 heterocycles. The lowest BCUT2D eigenvalue weighted by atomic mass is 9.90. The predicted molar refractivity (Wildman–Crippen MR) is 133 cm³/mol. The Hall–Kier alpha value is -3.39. The molecule has 1 fully saturated rings. The summed E-state index contributed by atoms with van der Waals surface area (Å²) in [5, 5.41) is 11.5. The number of rotatable bonds is 8. The Morgan fingerprint density at radius 3 is 2.44 bits per heavy atom. The standard InChI is InChI=1S/C26H30N4O3S/c1-18-11-13-20(14-12-18)33-16-24-28-23(17-34-24)25(31)29-21-9-5-6-10-22(21)30-26(32)27-15-19-7-3-2-4-8-19/h2-4,7-8,11-14,17,21-22H,5-6,9-10,15-16H2,1H3,(H,29,31)(H2,27,30,32). The maximum absolute atomic E-state index is 12.8. The van der Waals surface area contributed by atoms with E-state index in [4.69, 9.17) is 4.74 Å². The van der Waals surface area contributed by atoms with Gasteiger partial charge in [-0.15, -0.1) is 11.3 Å². The van der Waals surface area contributed by atoms with Gasteiger partial charge in [0.25, 0.3) is 5.91 Å². The predicted octanol–water partition coefficient (Wildman–Crippen LogP) is 4.57. The molecule has 8 heteroatoms. The summed E-state index contributed by atoms with van der Waals surface area (Å²) in [4.78, 5) is 29.7. The number of aromatic nitrogens is 1. The fourth-order valence-electron chi connectivity index (χ4n) is 3.98. The molecule has 0 bridgehead atoms. The second-order valence-electron chi connectivity index (χ2n) is 8.51. The Morgan fingerprint density at radius 2 is 1.71 bits per heavy atom. The number of thiazole rings is 1. The fourth-order valence-corrected chi connectivity index (χ4v) is 4.66. The van der Waals surface area contributed by atoms with Crippen molar-refractivity contribution in [2.75, 3.05) is 0 Å². The van der Waals surface area contributed by atoms with E-state index in [-0.39, 0.29) is 24.0 Å². The van der Waals surface area contributed by atoms with Crippen molar-refractivity contribution in [3.63, 3.8) is 0 Å². The van der Waals surface area contributed by atoms with Crippen molar-refractivity contribution < 1.29 is 14.3 Å². The highest BCUT2D eigenvalue weighted by atomic mass is 32.1. The van der Waals surface area contributed by atoms with Crippen LogP contribution in [-0.2, 0) is 13.2 Å². The summed E-state index contributed by atoms with van der Waals surface area (Å²) >= 11 is 1.40. The van der Waals surface area contributed by atoms with Gasteiger partial charge in [0.2, 0.25) is 0 Å². The number of carbonyl (C=O) groups is 2. The molecule has 4 rings (SSSR count). The molecule has 0 aliphatic heterocycles. The van der Waals surface area contributed by atoms with Gasteiger partial charge in [0.1, 0.15) is 23.1 Å². The minimum absolute atomic E-state index is 0.114. The number of ether oxygens (including phenoxy) is 1. The molecule has 0 spiro atoms. The molecule has 178 valence electrons. The summed E-state index contributed by atoms with van der Waals surface area (Å²) < 4.78 is 5.77. The van der Waals surface area contributed by atoms with Crippen molar-refractivity contribution in [1.29, 1.82) is 0 Å². The maximum atomic E-state index is 12.8. The lowest BCUT2D eigenvalue weighted by Gasteiger charge is -2.32. The summed E-state index contributed by atoms with van der Waals surface area (Å²) in [6, 6.07) is 17.1. The SMILES string of the molecule is Cc1ccc(OCc2nc(C(=O)NC3CCCCC3NC(=O)NCc3ccccc3)cs2)cc1. The minimum atomic E-state index is -0.223. The normalized spacial score (nSPS) is 17.6. The van der Waals surface area contributed by atoms with Crippen LogP contribution in [0.5, 0.6) is 5.75 Å². The zero-order chi connectivity index (χ0) is 23.8. The van der Waals surface area contributed by atoms with E-state index < -0.39 is 0 Å². The number of nitrogens with zero attached hydrogens (tertiary/aromatic N) is 1. The second kappa shape index (κ2) is 11.7. The molecule has 34 heavy (non-hydrogen) atoms. The molecular formula is C26H30N4O3S. The molecule has 1 aromatic heterocycles. The van der Waals surface area contributed by atoms with E-state index in [1.54, 1.807) is 5.38 Å². The summed E-state index contributed by atoms with van der Waals surface area (Å²) in [6.45, 7) is 2.80. The van der Waals surface area contributed by atoms with Gasteiger partial charge in [-0.25, -0.2) is 9.78 Å². The lowest BCUT2D eigenvalue weighted by Crippen LogP contribution is -2.55. The molecular weight excluding hydrogens is 448 g/mol. The van der Waals surface area contributed by atoms with Crippen LogP contribution in [0.4, 0.5) is 4.79 Å². The molecule has 1 aliphatic carbocycles. The largest absolute Gasteiger partial charge is 0.486 e. The van der Waals surface area contributed by atoms with Crippen molar-refractivity contribution in [3.8, 4) is 5.75 Å². The first-order valence-electron chi connectivity index (χ1n) is 11.6. The Labute approximate surface area is 204 Å². The lowest BCUT2D eigenvalue weighted by molar-refractivity contribution is 0.0911. The molecule has 0 saturated heterocycles. The van der Waals surface area contributed by atoms with Gasteiger partial charge in [0.15, 0.2) is 0 Å². The quantitative estimate of drug-likeness (QED) is 0.442. The van der Waals surface area contributed by atoms with Gasteiger partial charge in [0.05, 0.1) is 6.04 Å². The molecule has 3 aromatic rings. The summed E-state index contributed by atoms with van der Waals surface area (Å²) in [5.41, 5.74) is 2.59. The number of amides is 3. The van der Waals surface area contributed by atoms with Gasteiger partial charge in [-0.1, -0.05) is 60.9 Å². The Balaban J connectivity index is 1.27. The zero-order valence-corrected chi connectivity index (χ0v) is 20.1. The fraction of sp³-hybridized carbons (Fsp3) is 0.346. The van der Waals surface area contributed by atoms with Crippen LogP contribution in [0.15, 0.2) is 60.0 Å². The third-order valence-corrected chi connectivity index (χ3v) is 6.68. The van der Waals surface area contributed by atoms with E-state index in [1.165, 1.54) is 16.9 Å². The summed E-state index contributed by atoms with van der Waals surface area (Å²) in [7, 11) is 0. The third kappa shape index (κ3) is 6.81. The minimum Gasteiger partial charge on any atom is -0.486 e. The van der Waals surface area contributed by atoms with E-state index in [9.17, 15) is 9.59 Å². The number of carbonyl (C=O) groups excluding carboxylic acids is 2. The number of nitrogens with one attached hydrogen (secondary N) is 3. The molecule has 3 N–H and O–H groups in total. The molecule has 3 amide bonds. The molecule has 1 saturated carbocycles. The highest BCUT2D eigenvalue weighted by Crippen LogP contribution is 2.20. The monoisotopic (exact) mass is 478 g/mol. The maximum Gasteiger partial charge on any atom is 0.315 e. The van der Waals surface area contributed by atoms with Crippen LogP contribution in [0, 0.1) is 6.92 Å². The molecule has 2 aromatic carbocycles.